The number of fused-ring (bicyclic) bond motifs is 1. The number of piperidine rings is 1. The van der Waals surface area contributed by atoms with Gasteiger partial charge < -0.3 is 9.64 Å². The third kappa shape index (κ3) is 5.16. The van der Waals surface area contributed by atoms with E-state index in [0.717, 1.165) is 36.3 Å². The summed E-state index contributed by atoms with van der Waals surface area (Å²) in [6, 6.07) is 10.6. The lowest BCUT2D eigenvalue weighted by molar-refractivity contribution is -0.137. The monoisotopic (exact) mass is 501 g/mol. The molecular formula is C25H35N5O4S. The molecule has 0 spiro atoms. The number of aromatic nitrogens is 2. The topological polar surface area (TPSA) is 88.0 Å². The van der Waals surface area contributed by atoms with Gasteiger partial charge in [-0.05, 0) is 37.3 Å². The number of aryl methyl sites for hydroxylation is 2. The van der Waals surface area contributed by atoms with Crippen molar-refractivity contribution >= 4 is 16.1 Å². The second-order valence-corrected chi connectivity index (χ2v) is 11.5. The number of rotatable bonds is 5. The molecule has 0 radical (unpaired) electrons. The number of nitrogens with zero attached hydrogens (tertiary/aromatic N) is 5. The molecule has 2 fully saturated rings. The Hall–Kier alpha value is -2.27. The van der Waals surface area contributed by atoms with Gasteiger partial charge >= 0.3 is 0 Å². The number of benzene rings is 1. The maximum atomic E-state index is 13.4. The molecule has 0 atom stereocenters. The van der Waals surface area contributed by atoms with Gasteiger partial charge in [0.25, 0.3) is 10.2 Å². The highest BCUT2D eigenvalue weighted by Gasteiger charge is 2.37. The summed E-state index contributed by atoms with van der Waals surface area (Å²) in [7, 11) is -3.48. The van der Waals surface area contributed by atoms with Gasteiger partial charge in [-0.2, -0.15) is 22.1 Å². The largest absolute Gasteiger partial charge is 0.379 e. The zero-order chi connectivity index (χ0) is 24.4. The van der Waals surface area contributed by atoms with Crippen LogP contribution in [0, 0.1) is 5.92 Å². The quantitative estimate of drug-likeness (QED) is 0.626. The van der Waals surface area contributed by atoms with E-state index in [1.165, 1.54) is 14.2 Å². The molecule has 1 aromatic carbocycles. The average Bonchev–Trinajstić information content (AvgIpc) is 3.20. The molecule has 3 aliphatic rings. The van der Waals surface area contributed by atoms with Crippen LogP contribution in [-0.4, -0.2) is 83.6 Å². The molecule has 9 nitrogen and oxygen atoms in total. The molecule has 0 saturated carbocycles. The lowest BCUT2D eigenvalue weighted by Gasteiger charge is -2.36. The van der Waals surface area contributed by atoms with E-state index in [1.807, 2.05) is 9.58 Å². The number of carbonyl (C=O) groups is 1. The molecule has 4 heterocycles. The van der Waals surface area contributed by atoms with Crippen LogP contribution in [0.25, 0.3) is 11.3 Å². The Morgan fingerprint density at radius 2 is 1.69 bits per heavy atom. The van der Waals surface area contributed by atoms with E-state index < -0.39 is 10.2 Å². The molecule has 1 aromatic heterocycles. The second-order valence-electron chi connectivity index (χ2n) is 9.60. The second kappa shape index (κ2) is 10.4. The van der Waals surface area contributed by atoms with Gasteiger partial charge in [-0.15, -0.1) is 0 Å². The van der Waals surface area contributed by atoms with Crippen molar-refractivity contribution in [1.82, 2.24) is 23.3 Å². The molecule has 0 bridgehead atoms. The molecule has 35 heavy (non-hydrogen) atoms. The van der Waals surface area contributed by atoms with Crippen LogP contribution in [0.3, 0.4) is 0 Å². The van der Waals surface area contributed by atoms with Crippen molar-refractivity contribution in [2.75, 3.05) is 45.9 Å². The fraction of sp³-hybridized carbons (Fsp3) is 0.600. The maximum absolute atomic E-state index is 13.4. The lowest BCUT2D eigenvalue weighted by Crippen LogP contribution is -2.51. The van der Waals surface area contributed by atoms with Crippen molar-refractivity contribution in [2.24, 2.45) is 5.92 Å². The van der Waals surface area contributed by atoms with Crippen molar-refractivity contribution in [2.45, 2.75) is 45.7 Å². The Bertz CT molecular complexity index is 1130. The fourth-order valence-electron chi connectivity index (χ4n) is 5.23. The number of amides is 1. The Balaban J connectivity index is 1.22. The standard InChI is InChI=1S/C25H35N5O4S/c1-2-20-4-6-21(7-5-20)24-18-23-19-27(10-3-11-30(23)26-24)25(31)22-8-12-28(13-9-22)35(32,33)29-14-16-34-17-15-29/h4-7,18,22H,2-3,8-17,19H2,1H3. The van der Waals surface area contributed by atoms with Crippen LogP contribution in [0.1, 0.15) is 37.4 Å². The Morgan fingerprint density at radius 1 is 1.00 bits per heavy atom. The third-order valence-electron chi connectivity index (χ3n) is 7.41. The number of carbonyl (C=O) groups excluding carboxylic acids is 1. The molecule has 3 aliphatic heterocycles. The van der Waals surface area contributed by atoms with Crippen LogP contribution in [0.15, 0.2) is 30.3 Å². The smallest absolute Gasteiger partial charge is 0.282 e. The van der Waals surface area contributed by atoms with Crippen LogP contribution in [0.4, 0.5) is 0 Å². The predicted octanol–water partition coefficient (Wildman–Crippen LogP) is 2.13. The number of morpholine rings is 1. The van der Waals surface area contributed by atoms with Gasteiger partial charge in [0.05, 0.1) is 31.1 Å². The first-order valence-electron chi connectivity index (χ1n) is 12.7. The molecule has 5 rings (SSSR count). The molecule has 2 saturated heterocycles. The zero-order valence-corrected chi connectivity index (χ0v) is 21.3. The van der Waals surface area contributed by atoms with Gasteiger partial charge in [0.15, 0.2) is 0 Å². The lowest BCUT2D eigenvalue weighted by atomic mass is 9.96. The van der Waals surface area contributed by atoms with Crippen molar-refractivity contribution in [3.05, 3.63) is 41.6 Å². The Labute approximate surface area is 207 Å². The molecule has 1 amide bonds. The summed E-state index contributed by atoms with van der Waals surface area (Å²) < 4.78 is 36.3. The van der Waals surface area contributed by atoms with E-state index in [-0.39, 0.29) is 11.8 Å². The predicted molar refractivity (Wildman–Crippen MR) is 133 cm³/mol. The summed E-state index contributed by atoms with van der Waals surface area (Å²) in [4.78, 5) is 15.4. The first kappa shape index (κ1) is 24.4. The van der Waals surface area contributed by atoms with E-state index in [1.54, 1.807) is 0 Å². The third-order valence-corrected chi connectivity index (χ3v) is 9.44. The molecule has 0 unspecified atom stereocenters. The number of hydrogen-bond donors (Lipinski definition) is 0. The van der Waals surface area contributed by atoms with Crippen molar-refractivity contribution < 1.29 is 17.9 Å². The van der Waals surface area contributed by atoms with E-state index in [9.17, 15) is 13.2 Å². The van der Waals surface area contributed by atoms with Crippen molar-refractivity contribution in [3.8, 4) is 11.3 Å². The highest BCUT2D eigenvalue weighted by molar-refractivity contribution is 7.86. The van der Waals surface area contributed by atoms with Crippen molar-refractivity contribution in [1.29, 1.82) is 0 Å². The number of hydrogen-bond acceptors (Lipinski definition) is 5. The number of ether oxygens (including phenoxy) is 1. The fourth-order valence-corrected chi connectivity index (χ4v) is 6.84. The van der Waals surface area contributed by atoms with Crippen molar-refractivity contribution in [3.63, 3.8) is 0 Å². The van der Waals surface area contributed by atoms with Gasteiger partial charge in [0, 0.05) is 50.7 Å². The van der Waals surface area contributed by atoms with Gasteiger partial charge in [-0.25, -0.2) is 0 Å². The highest BCUT2D eigenvalue weighted by atomic mass is 32.2. The maximum Gasteiger partial charge on any atom is 0.282 e. The Kier molecular flexibility index (Phi) is 7.24. The van der Waals surface area contributed by atoms with Gasteiger partial charge in [0.2, 0.25) is 5.91 Å². The molecule has 0 N–H and O–H groups in total. The van der Waals surface area contributed by atoms with E-state index in [0.29, 0.717) is 65.3 Å². The molecule has 190 valence electrons. The van der Waals surface area contributed by atoms with Crippen LogP contribution < -0.4 is 0 Å². The van der Waals surface area contributed by atoms with Gasteiger partial charge in [-0.1, -0.05) is 31.2 Å². The SMILES string of the molecule is CCc1ccc(-c2cc3n(n2)CCCN(C(=O)C2CCN(S(=O)(=O)N4CCOCC4)CC2)C3)cc1. The molecule has 0 aliphatic carbocycles. The van der Waals surface area contributed by atoms with E-state index in [2.05, 4.69) is 37.3 Å². The summed E-state index contributed by atoms with van der Waals surface area (Å²) in [5.41, 5.74) is 4.39. The molecular weight excluding hydrogens is 466 g/mol. The summed E-state index contributed by atoms with van der Waals surface area (Å²) in [5.74, 6) is -0.00131. The summed E-state index contributed by atoms with van der Waals surface area (Å²) in [6.07, 6.45) is 2.99. The van der Waals surface area contributed by atoms with Gasteiger partial charge in [0.1, 0.15) is 0 Å². The van der Waals surface area contributed by atoms with Gasteiger partial charge in [-0.3, -0.25) is 9.48 Å². The minimum Gasteiger partial charge on any atom is -0.379 e. The summed E-state index contributed by atoms with van der Waals surface area (Å²) >= 11 is 0. The Morgan fingerprint density at radius 3 is 2.37 bits per heavy atom. The highest BCUT2D eigenvalue weighted by Crippen LogP contribution is 2.27. The normalized spacial score (nSPS) is 21.0. The zero-order valence-electron chi connectivity index (χ0n) is 20.4. The molecule has 2 aromatic rings. The average molecular weight is 502 g/mol. The van der Waals surface area contributed by atoms with Crippen LogP contribution in [0.5, 0.6) is 0 Å². The minimum atomic E-state index is -3.48. The van der Waals surface area contributed by atoms with Crippen LogP contribution in [-0.2, 0) is 39.3 Å². The minimum absolute atomic E-state index is 0.136. The first-order chi connectivity index (χ1) is 17.0. The first-order valence-corrected chi connectivity index (χ1v) is 14.1. The summed E-state index contributed by atoms with van der Waals surface area (Å²) in [5, 5.41) is 4.82. The molecule has 10 heteroatoms. The van der Waals surface area contributed by atoms with E-state index >= 15 is 0 Å². The van der Waals surface area contributed by atoms with Crippen LogP contribution in [0.2, 0.25) is 0 Å². The van der Waals surface area contributed by atoms with E-state index in [4.69, 9.17) is 9.84 Å². The summed E-state index contributed by atoms with van der Waals surface area (Å²) in [6.45, 7) is 6.63. The van der Waals surface area contributed by atoms with Crippen LogP contribution >= 0.6 is 0 Å².